The molecule has 0 spiro atoms. The lowest BCUT2D eigenvalue weighted by atomic mass is 9.82. The Kier molecular flexibility index (Phi) is 7.03. The van der Waals surface area contributed by atoms with Gasteiger partial charge in [-0.1, -0.05) is 81.6 Å². The topological polar surface area (TPSA) is 38.3 Å². The molecule has 0 saturated carbocycles. The van der Waals surface area contributed by atoms with Gasteiger partial charge in [0.2, 0.25) is 0 Å². The third-order valence-electron chi connectivity index (χ3n) is 6.42. The number of unbranched alkanes of at least 4 members (excludes halogenated alkanes) is 1. The van der Waals surface area contributed by atoms with Crippen molar-refractivity contribution < 1.29 is 9.53 Å². The number of carbonyl (C=O) groups is 1. The van der Waals surface area contributed by atoms with Crippen LogP contribution in [0.15, 0.2) is 54.6 Å². The summed E-state index contributed by atoms with van der Waals surface area (Å²) in [5.74, 6) is 0.807. The van der Waals surface area contributed by atoms with E-state index in [0.717, 1.165) is 64.9 Å². The molecule has 0 fully saturated rings. The van der Waals surface area contributed by atoms with Gasteiger partial charge in [0.1, 0.15) is 0 Å². The first-order chi connectivity index (χ1) is 15.2. The SMILES string of the molecule is CCCCC(CC)COCCCNc1ccc2c3c(cccc13)C(=O)c1ccccc1-2. The number of carbonyl (C=O) groups excluding carboxylic acids is 1. The molecule has 0 bridgehead atoms. The number of hydrogen-bond donors (Lipinski definition) is 1. The third-order valence-corrected chi connectivity index (χ3v) is 6.42. The molecule has 1 aliphatic rings. The fraction of sp³-hybridized carbons (Fsp3) is 0.393. The van der Waals surface area contributed by atoms with Gasteiger partial charge >= 0.3 is 0 Å². The number of hydrogen-bond acceptors (Lipinski definition) is 3. The summed E-state index contributed by atoms with van der Waals surface area (Å²) in [6.45, 7) is 7.01. The van der Waals surface area contributed by atoms with Crippen molar-refractivity contribution in [3.63, 3.8) is 0 Å². The van der Waals surface area contributed by atoms with E-state index in [9.17, 15) is 4.79 Å². The van der Waals surface area contributed by atoms with Crippen molar-refractivity contribution in [2.75, 3.05) is 25.1 Å². The summed E-state index contributed by atoms with van der Waals surface area (Å²) in [7, 11) is 0. The lowest BCUT2D eigenvalue weighted by molar-refractivity contribution is 0.0937. The molecule has 3 aromatic carbocycles. The fourth-order valence-electron chi connectivity index (χ4n) is 4.58. The zero-order valence-electron chi connectivity index (χ0n) is 18.7. The summed E-state index contributed by atoms with van der Waals surface area (Å²) in [5, 5.41) is 5.75. The molecule has 1 aliphatic carbocycles. The highest BCUT2D eigenvalue weighted by Crippen LogP contribution is 2.41. The monoisotopic (exact) mass is 415 g/mol. The van der Waals surface area contributed by atoms with E-state index in [0.29, 0.717) is 5.92 Å². The Morgan fingerprint density at radius 1 is 0.871 bits per heavy atom. The number of benzene rings is 3. The zero-order chi connectivity index (χ0) is 21.6. The summed E-state index contributed by atoms with van der Waals surface area (Å²) < 4.78 is 5.94. The molecule has 3 aromatic rings. The molecule has 0 amide bonds. The lowest BCUT2D eigenvalue weighted by Gasteiger charge is -2.21. The molecule has 0 aromatic heterocycles. The van der Waals surface area contributed by atoms with Crippen LogP contribution >= 0.6 is 0 Å². The summed E-state index contributed by atoms with van der Waals surface area (Å²) >= 11 is 0. The highest BCUT2D eigenvalue weighted by molar-refractivity contribution is 6.27. The summed E-state index contributed by atoms with van der Waals surface area (Å²) in [4.78, 5) is 13.0. The van der Waals surface area contributed by atoms with Crippen LogP contribution < -0.4 is 5.32 Å². The van der Waals surface area contributed by atoms with E-state index in [1.807, 2.05) is 36.4 Å². The van der Waals surface area contributed by atoms with Crippen LogP contribution in [-0.2, 0) is 4.74 Å². The van der Waals surface area contributed by atoms with E-state index in [4.69, 9.17) is 4.74 Å². The van der Waals surface area contributed by atoms with Crippen LogP contribution in [0.2, 0.25) is 0 Å². The van der Waals surface area contributed by atoms with E-state index in [2.05, 4.69) is 37.4 Å². The van der Waals surface area contributed by atoms with Gasteiger partial charge in [0, 0.05) is 47.3 Å². The molecule has 1 unspecified atom stereocenters. The van der Waals surface area contributed by atoms with Crippen LogP contribution in [0, 0.1) is 5.92 Å². The minimum absolute atomic E-state index is 0.118. The van der Waals surface area contributed by atoms with Crippen molar-refractivity contribution in [1.29, 1.82) is 0 Å². The van der Waals surface area contributed by atoms with Crippen molar-refractivity contribution in [1.82, 2.24) is 0 Å². The van der Waals surface area contributed by atoms with E-state index in [1.165, 1.54) is 25.7 Å². The van der Waals surface area contributed by atoms with Gasteiger partial charge < -0.3 is 10.1 Å². The number of ketones is 1. The predicted octanol–water partition coefficient (Wildman–Crippen LogP) is 7.09. The van der Waals surface area contributed by atoms with Crippen LogP contribution in [0.3, 0.4) is 0 Å². The van der Waals surface area contributed by atoms with Gasteiger partial charge in [0.25, 0.3) is 0 Å². The molecule has 31 heavy (non-hydrogen) atoms. The standard InChI is InChI=1S/C28H33NO2/c1-3-5-10-20(4-2)19-31-18-9-17-29-26-16-15-22-21-11-6-7-12-23(21)28(30)25-14-8-13-24(26)27(22)25/h6-8,11-16,20,29H,3-5,9-10,17-19H2,1-2H3. The fourth-order valence-corrected chi connectivity index (χ4v) is 4.58. The second-order valence-corrected chi connectivity index (χ2v) is 8.54. The van der Waals surface area contributed by atoms with Crippen molar-refractivity contribution in [3.8, 4) is 11.1 Å². The molecule has 0 saturated heterocycles. The third kappa shape index (κ3) is 4.52. The predicted molar refractivity (Wildman–Crippen MR) is 130 cm³/mol. The van der Waals surface area contributed by atoms with Gasteiger partial charge in [-0.25, -0.2) is 0 Å². The Balaban J connectivity index is 1.42. The average Bonchev–Trinajstić information content (AvgIpc) is 2.82. The quantitative estimate of drug-likeness (QED) is 0.266. The van der Waals surface area contributed by atoms with Gasteiger partial charge in [-0.05, 0) is 36.0 Å². The molecule has 1 N–H and O–H groups in total. The minimum Gasteiger partial charge on any atom is -0.384 e. The number of anilines is 1. The first kappa shape index (κ1) is 21.6. The van der Waals surface area contributed by atoms with Crippen LogP contribution in [0.4, 0.5) is 5.69 Å². The maximum Gasteiger partial charge on any atom is 0.194 e. The maximum absolute atomic E-state index is 13.0. The summed E-state index contributed by atoms with van der Waals surface area (Å²) in [6.07, 6.45) is 5.98. The lowest BCUT2D eigenvalue weighted by Crippen LogP contribution is -2.13. The number of fused-ring (bicyclic) bond motifs is 2. The van der Waals surface area contributed by atoms with Crippen molar-refractivity contribution in [2.24, 2.45) is 5.92 Å². The summed E-state index contributed by atoms with van der Waals surface area (Å²) in [5.41, 5.74) is 4.86. The smallest absolute Gasteiger partial charge is 0.194 e. The largest absolute Gasteiger partial charge is 0.384 e. The van der Waals surface area contributed by atoms with Gasteiger partial charge in [-0.15, -0.1) is 0 Å². The van der Waals surface area contributed by atoms with Gasteiger partial charge in [0.15, 0.2) is 5.78 Å². The molecule has 1 atom stereocenters. The normalized spacial score (nSPS) is 13.3. The zero-order valence-corrected chi connectivity index (χ0v) is 18.7. The second-order valence-electron chi connectivity index (χ2n) is 8.54. The molecular formula is C28H33NO2. The molecule has 0 aliphatic heterocycles. The number of rotatable bonds is 11. The molecular weight excluding hydrogens is 382 g/mol. The second kappa shape index (κ2) is 10.1. The first-order valence-electron chi connectivity index (χ1n) is 11.8. The number of nitrogens with one attached hydrogen (secondary N) is 1. The van der Waals surface area contributed by atoms with Crippen LogP contribution in [0.5, 0.6) is 0 Å². The average molecular weight is 416 g/mol. The molecule has 3 nitrogen and oxygen atoms in total. The van der Waals surface area contributed by atoms with E-state index < -0.39 is 0 Å². The van der Waals surface area contributed by atoms with Crippen LogP contribution in [0.25, 0.3) is 21.9 Å². The van der Waals surface area contributed by atoms with Crippen molar-refractivity contribution >= 4 is 22.2 Å². The molecule has 0 radical (unpaired) electrons. The highest BCUT2D eigenvalue weighted by atomic mass is 16.5. The van der Waals surface area contributed by atoms with Crippen LogP contribution in [-0.4, -0.2) is 25.5 Å². The Morgan fingerprint density at radius 2 is 1.68 bits per heavy atom. The van der Waals surface area contributed by atoms with Crippen LogP contribution in [0.1, 0.15) is 61.9 Å². The molecule has 162 valence electrons. The Morgan fingerprint density at radius 3 is 2.48 bits per heavy atom. The van der Waals surface area contributed by atoms with E-state index in [-0.39, 0.29) is 5.78 Å². The Hall–Kier alpha value is -2.65. The first-order valence-corrected chi connectivity index (χ1v) is 11.8. The molecule has 3 heteroatoms. The van der Waals surface area contributed by atoms with Gasteiger partial charge in [-0.2, -0.15) is 0 Å². The maximum atomic E-state index is 13.0. The van der Waals surface area contributed by atoms with E-state index in [1.54, 1.807) is 0 Å². The summed E-state index contributed by atoms with van der Waals surface area (Å²) in [6, 6.07) is 18.3. The van der Waals surface area contributed by atoms with Gasteiger partial charge in [-0.3, -0.25) is 4.79 Å². The van der Waals surface area contributed by atoms with E-state index >= 15 is 0 Å². The molecule has 0 heterocycles. The van der Waals surface area contributed by atoms with Gasteiger partial charge in [0.05, 0.1) is 0 Å². The van der Waals surface area contributed by atoms with Crippen molar-refractivity contribution in [2.45, 2.75) is 46.0 Å². The van der Waals surface area contributed by atoms with Crippen molar-refractivity contribution in [3.05, 3.63) is 65.7 Å². The minimum atomic E-state index is 0.118. The Bertz CT molecular complexity index is 1060. The highest BCUT2D eigenvalue weighted by Gasteiger charge is 2.25. The molecule has 4 rings (SSSR count). The Labute approximate surface area is 185 Å². The number of ether oxygens (including phenoxy) is 1.